The minimum absolute atomic E-state index is 0.293. The maximum atomic E-state index is 5.87. The van der Waals surface area contributed by atoms with E-state index in [1.807, 2.05) is 0 Å². The lowest BCUT2D eigenvalue weighted by atomic mass is 10.1. The van der Waals surface area contributed by atoms with Gasteiger partial charge in [0, 0.05) is 21.7 Å². The lowest BCUT2D eigenvalue weighted by Gasteiger charge is -1.97. The number of rotatable bonds is 2. The molecule has 1 aromatic heterocycles. The molecule has 0 N–H and O–H groups in total. The first-order chi connectivity index (χ1) is 7.19. The summed E-state index contributed by atoms with van der Waals surface area (Å²) in [5.74, 6) is 0.907. The van der Waals surface area contributed by atoms with Gasteiger partial charge in [-0.2, -0.15) is 0 Å². The molecule has 0 aliphatic carbocycles. The van der Waals surface area contributed by atoms with Crippen LogP contribution in [0.3, 0.4) is 0 Å². The third-order valence-electron chi connectivity index (χ3n) is 1.85. The van der Waals surface area contributed by atoms with Crippen molar-refractivity contribution >= 4 is 34.8 Å². The van der Waals surface area contributed by atoms with Gasteiger partial charge >= 0.3 is 0 Å². The lowest BCUT2D eigenvalue weighted by Crippen LogP contribution is -1.77. The highest BCUT2D eigenvalue weighted by Gasteiger charge is 2.07. The van der Waals surface area contributed by atoms with Crippen LogP contribution in [0, 0.1) is 0 Å². The Kier molecular flexibility index (Phi) is 3.19. The van der Waals surface area contributed by atoms with Gasteiger partial charge in [0.2, 0.25) is 0 Å². The van der Waals surface area contributed by atoms with Crippen molar-refractivity contribution in [3.05, 3.63) is 40.1 Å². The molecule has 1 heterocycles. The van der Waals surface area contributed by atoms with Crippen molar-refractivity contribution in [2.45, 2.75) is 5.88 Å². The summed E-state index contributed by atoms with van der Waals surface area (Å²) in [6, 6.07) is 6.96. The monoisotopic (exact) mass is 261 g/mol. The summed E-state index contributed by atoms with van der Waals surface area (Å²) >= 11 is 17.3. The molecule has 2 nitrogen and oxygen atoms in total. The summed E-state index contributed by atoms with van der Waals surface area (Å²) in [5, 5.41) is 4.99. The highest BCUT2D eigenvalue weighted by Crippen LogP contribution is 2.27. The predicted octanol–water partition coefficient (Wildman–Crippen LogP) is 4.39. The minimum atomic E-state index is 0.293. The molecule has 0 saturated heterocycles. The SMILES string of the molecule is ClCc1cc(-c2cc(Cl)cc(Cl)c2)no1. The van der Waals surface area contributed by atoms with E-state index < -0.39 is 0 Å². The molecular formula is C10H6Cl3NO. The molecule has 0 aliphatic rings. The second-order valence-corrected chi connectivity index (χ2v) is 4.11. The fourth-order valence-corrected chi connectivity index (χ4v) is 1.87. The van der Waals surface area contributed by atoms with Gasteiger partial charge in [0.1, 0.15) is 5.69 Å². The fourth-order valence-electron chi connectivity index (χ4n) is 1.21. The maximum Gasteiger partial charge on any atom is 0.152 e. The summed E-state index contributed by atoms with van der Waals surface area (Å²) in [6.45, 7) is 0. The van der Waals surface area contributed by atoms with E-state index in [-0.39, 0.29) is 0 Å². The van der Waals surface area contributed by atoms with Gasteiger partial charge < -0.3 is 4.52 Å². The average Bonchev–Trinajstić information content (AvgIpc) is 2.64. The van der Waals surface area contributed by atoms with E-state index in [0.717, 1.165) is 5.56 Å². The standard InChI is InChI=1S/C10H6Cl3NO/c11-5-9-4-10(14-15-9)6-1-7(12)3-8(13)2-6/h1-4H,5H2. The summed E-state index contributed by atoms with van der Waals surface area (Å²) in [7, 11) is 0. The smallest absolute Gasteiger partial charge is 0.152 e. The molecule has 0 spiro atoms. The summed E-state index contributed by atoms with van der Waals surface area (Å²) in [5.41, 5.74) is 1.49. The zero-order valence-electron chi connectivity index (χ0n) is 7.51. The molecule has 15 heavy (non-hydrogen) atoms. The van der Waals surface area contributed by atoms with Crippen LogP contribution in [-0.2, 0) is 5.88 Å². The van der Waals surface area contributed by atoms with Crippen LogP contribution in [0.1, 0.15) is 5.76 Å². The number of aromatic nitrogens is 1. The highest BCUT2D eigenvalue weighted by molar-refractivity contribution is 6.35. The zero-order valence-corrected chi connectivity index (χ0v) is 9.77. The highest BCUT2D eigenvalue weighted by atomic mass is 35.5. The van der Waals surface area contributed by atoms with Crippen molar-refractivity contribution in [1.29, 1.82) is 0 Å². The molecule has 2 aromatic rings. The molecule has 0 radical (unpaired) electrons. The first-order valence-electron chi connectivity index (χ1n) is 4.17. The largest absolute Gasteiger partial charge is 0.359 e. The Hall–Kier alpha value is -0.700. The van der Waals surface area contributed by atoms with Gasteiger partial charge in [-0.3, -0.25) is 0 Å². The molecule has 0 saturated carbocycles. The van der Waals surface area contributed by atoms with Gasteiger partial charge in [-0.05, 0) is 18.2 Å². The third kappa shape index (κ3) is 2.46. The summed E-state index contributed by atoms with van der Waals surface area (Å²) in [6.07, 6.45) is 0. The van der Waals surface area contributed by atoms with Crippen molar-refractivity contribution in [3.63, 3.8) is 0 Å². The van der Waals surface area contributed by atoms with E-state index in [1.165, 1.54) is 0 Å². The molecule has 1 aromatic carbocycles. The van der Waals surface area contributed by atoms with Crippen LogP contribution < -0.4 is 0 Å². The van der Waals surface area contributed by atoms with E-state index in [9.17, 15) is 0 Å². The van der Waals surface area contributed by atoms with Gasteiger partial charge in [-0.1, -0.05) is 28.4 Å². The van der Waals surface area contributed by atoms with E-state index in [4.69, 9.17) is 39.3 Å². The van der Waals surface area contributed by atoms with Crippen LogP contribution in [0.25, 0.3) is 11.3 Å². The first-order valence-corrected chi connectivity index (χ1v) is 5.46. The van der Waals surface area contributed by atoms with E-state index in [1.54, 1.807) is 24.3 Å². The molecule has 0 unspecified atom stereocenters. The molecule has 0 atom stereocenters. The zero-order chi connectivity index (χ0) is 10.8. The number of nitrogens with zero attached hydrogens (tertiary/aromatic N) is 1. The van der Waals surface area contributed by atoms with Gasteiger partial charge in [0.05, 0.1) is 5.88 Å². The van der Waals surface area contributed by atoms with E-state index in [2.05, 4.69) is 5.16 Å². The minimum Gasteiger partial charge on any atom is -0.359 e. The van der Waals surface area contributed by atoms with E-state index in [0.29, 0.717) is 27.4 Å². The molecule has 0 bridgehead atoms. The van der Waals surface area contributed by atoms with Crippen LogP contribution in [-0.4, -0.2) is 5.16 Å². The molecule has 78 valence electrons. The second-order valence-electron chi connectivity index (χ2n) is 2.97. The second kappa shape index (κ2) is 4.44. The van der Waals surface area contributed by atoms with Gasteiger partial charge in [0.25, 0.3) is 0 Å². The maximum absolute atomic E-state index is 5.87. The molecular weight excluding hydrogens is 256 g/mol. The fraction of sp³-hybridized carbons (Fsp3) is 0.100. The molecule has 0 fully saturated rings. The van der Waals surface area contributed by atoms with Crippen molar-refractivity contribution in [2.24, 2.45) is 0 Å². The number of hydrogen-bond donors (Lipinski definition) is 0. The van der Waals surface area contributed by atoms with Crippen molar-refractivity contribution < 1.29 is 4.52 Å². The van der Waals surface area contributed by atoms with Crippen LogP contribution in [0.2, 0.25) is 10.0 Å². The molecule has 2 rings (SSSR count). The number of halogens is 3. The predicted molar refractivity (Wildman–Crippen MR) is 61.5 cm³/mol. The van der Waals surface area contributed by atoms with Gasteiger partial charge in [0.15, 0.2) is 5.76 Å². The van der Waals surface area contributed by atoms with Crippen molar-refractivity contribution in [2.75, 3.05) is 0 Å². The summed E-state index contributed by atoms with van der Waals surface area (Å²) < 4.78 is 4.98. The Balaban J connectivity index is 2.44. The Morgan fingerprint density at radius 2 is 1.73 bits per heavy atom. The lowest BCUT2D eigenvalue weighted by molar-refractivity contribution is 0.396. The Labute approximate surface area is 102 Å². The van der Waals surface area contributed by atoms with Gasteiger partial charge in [-0.25, -0.2) is 0 Å². The quantitative estimate of drug-likeness (QED) is 0.750. The Morgan fingerprint density at radius 1 is 1.07 bits per heavy atom. The molecule has 0 amide bonds. The van der Waals surface area contributed by atoms with Crippen molar-refractivity contribution in [1.82, 2.24) is 5.16 Å². The average molecular weight is 263 g/mol. The topological polar surface area (TPSA) is 26.0 Å². The number of hydrogen-bond acceptors (Lipinski definition) is 2. The van der Waals surface area contributed by atoms with Crippen LogP contribution >= 0.6 is 34.8 Å². The Morgan fingerprint density at radius 3 is 2.27 bits per heavy atom. The third-order valence-corrected chi connectivity index (χ3v) is 2.55. The van der Waals surface area contributed by atoms with Crippen LogP contribution in [0.15, 0.2) is 28.8 Å². The van der Waals surface area contributed by atoms with Gasteiger partial charge in [-0.15, -0.1) is 11.6 Å². The molecule has 0 aliphatic heterocycles. The van der Waals surface area contributed by atoms with Crippen LogP contribution in [0.5, 0.6) is 0 Å². The molecule has 5 heteroatoms. The Bertz CT molecular complexity index is 461. The number of alkyl halides is 1. The van der Waals surface area contributed by atoms with E-state index >= 15 is 0 Å². The normalized spacial score (nSPS) is 10.6. The summed E-state index contributed by atoms with van der Waals surface area (Å²) in [4.78, 5) is 0. The first kappa shape index (κ1) is 10.8. The van der Waals surface area contributed by atoms with Crippen molar-refractivity contribution in [3.8, 4) is 11.3 Å². The number of benzene rings is 1. The van der Waals surface area contributed by atoms with Crippen LogP contribution in [0.4, 0.5) is 0 Å².